The second-order valence-corrected chi connectivity index (χ2v) is 4.27. The molecule has 1 fully saturated rings. The van der Waals surface area contributed by atoms with E-state index >= 15 is 0 Å². The van der Waals surface area contributed by atoms with E-state index in [1.54, 1.807) is 6.07 Å². The van der Waals surface area contributed by atoms with Crippen LogP contribution < -0.4 is 5.32 Å². The van der Waals surface area contributed by atoms with Crippen LogP contribution in [0.15, 0.2) is 16.6 Å². The second-order valence-electron chi connectivity index (χ2n) is 3.35. The Hall–Kier alpha value is -0.520. The van der Waals surface area contributed by atoms with Gasteiger partial charge in [-0.3, -0.25) is 0 Å². The zero-order chi connectivity index (χ0) is 10.8. The minimum absolute atomic E-state index is 0.258. The Labute approximate surface area is 94.7 Å². The topological polar surface area (TPSA) is 21.3 Å². The fraction of sp³-hybridized carbons (Fsp3) is 0.400. The maximum absolute atomic E-state index is 13.5. The first kappa shape index (κ1) is 11.0. The van der Waals surface area contributed by atoms with Crippen LogP contribution in [-0.4, -0.2) is 19.7 Å². The minimum atomic E-state index is -0.853. The third kappa shape index (κ3) is 2.35. The summed E-state index contributed by atoms with van der Waals surface area (Å²) >= 11 is 3.13. The molecule has 15 heavy (non-hydrogen) atoms. The molecule has 2 rings (SSSR count). The Kier molecular flexibility index (Phi) is 3.33. The minimum Gasteiger partial charge on any atom is -0.371 e. The summed E-state index contributed by atoms with van der Waals surface area (Å²) in [6.45, 7) is 1.76. The molecule has 0 spiro atoms. The maximum atomic E-state index is 13.5. The first-order chi connectivity index (χ1) is 7.18. The van der Waals surface area contributed by atoms with Crippen LogP contribution in [0.1, 0.15) is 11.7 Å². The fourth-order valence-electron chi connectivity index (χ4n) is 1.58. The number of hydrogen-bond donors (Lipinski definition) is 1. The van der Waals surface area contributed by atoms with E-state index in [4.69, 9.17) is 4.74 Å². The summed E-state index contributed by atoms with van der Waals surface area (Å²) in [5.41, 5.74) is 0.258. The molecule has 0 aromatic heterocycles. The molecule has 0 amide bonds. The van der Waals surface area contributed by atoms with Gasteiger partial charge in [0.1, 0.15) is 0 Å². The van der Waals surface area contributed by atoms with Crippen molar-refractivity contribution in [1.29, 1.82) is 0 Å². The molecule has 0 radical (unpaired) electrons. The Morgan fingerprint density at radius 3 is 2.87 bits per heavy atom. The molecule has 1 aromatic carbocycles. The number of halogens is 3. The van der Waals surface area contributed by atoms with Crippen LogP contribution >= 0.6 is 15.9 Å². The van der Waals surface area contributed by atoms with Crippen LogP contribution in [-0.2, 0) is 4.74 Å². The van der Waals surface area contributed by atoms with Crippen molar-refractivity contribution in [2.75, 3.05) is 19.7 Å². The van der Waals surface area contributed by atoms with Crippen molar-refractivity contribution in [3.05, 3.63) is 33.8 Å². The van der Waals surface area contributed by atoms with Gasteiger partial charge in [0.25, 0.3) is 0 Å². The lowest BCUT2D eigenvalue weighted by Gasteiger charge is -2.24. The predicted octanol–water partition coefficient (Wildman–Crippen LogP) is 2.39. The normalized spacial score (nSPS) is 21.7. The molecule has 1 heterocycles. The first-order valence-corrected chi connectivity index (χ1v) is 5.44. The van der Waals surface area contributed by atoms with Gasteiger partial charge < -0.3 is 10.1 Å². The fourth-order valence-corrected chi connectivity index (χ4v) is 2.02. The summed E-state index contributed by atoms with van der Waals surface area (Å²) in [7, 11) is 0. The van der Waals surface area contributed by atoms with Gasteiger partial charge in [-0.15, -0.1) is 0 Å². The molecule has 1 unspecified atom stereocenters. The van der Waals surface area contributed by atoms with E-state index in [2.05, 4.69) is 21.2 Å². The van der Waals surface area contributed by atoms with E-state index in [0.717, 1.165) is 12.6 Å². The monoisotopic (exact) mass is 277 g/mol. The molecule has 1 aromatic rings. The zero-order valence-electron chi connectivity index (χ0n) is 7.90. The summed E-state index contributed by atoms with van der Waals surface area (Å²) in [5, 5.41) is 3.07. The second kappa shape index (κ2) is 4.55. The van der Waals surface area contributed by atoms with Crippen LogP contribution in [0.3, 0.4) is 0 Å². The Balaban J connectivity index is 2.33. The van der Waals surface area contributed by atoms with Crippen molar-refractivity contribution < 1.29 is 13.5 Å². The largest absolute Gasteiger partial charge is 0.371 e. The van der Waals surface area contributed by atoms with E-state index in [0.29, 0.717) is 17.6 Å². The lowest BCUT2D eigenvalue weighted by Crippen LogP contribution is -2.33. The number of ether oxygens (including phenoxy) is 1. The van der Waals surface area contributed by atoms with E-state index in [1.165, 1.54) is 0 Å². The molecule has 1 saturated heterocycles. The highest BCUT2D eigenvalue weighted by Crippen LogP contribution is 2.27. The van der Waals surface area contributed by atoms with Crippen LogP contribution in [0.5, 0.6) is 0 Å². The van der Waals surface area contributed by atoms with Crippen molar-refractivity contribution in [2.45, 2.75) is 6.10 Å². The lowest BCUT2D eigenvalue weighted by atomic mass is 10.1. The van der Waals surface area contributed by atoms with Gasteiger partial charge in [-0.1, -0.05) is 15.9 Å². The number of hydrogen-bond acceptors (Lipinski definition) is 2. The summed E-state index contributed by atoms with van der Waals surface area (Å²) in [4.78, 5) is 0. The van der Waals surface area contributed by atoms with Gasteiger partial charge in [-0.2, -0.15) is 0 Å². The number of benzene rings is 1. The predicted molar refractivity (Wildman–Crippen MR) is 55.6 cm³/mol. The van der Waals surface area contributed by atoms with Crippen LogP contribution in [0.2, 0.25) is 0 Å². The average Bonchev–Trinajstić information content (AvgIpc) is 2.24. The molecule has 1 N–H and O–H groups in total. The van der Waals surface area contributed by atoms with Gasteiger partial charge in [-0.25, -0.2) is 8.78 Å². The lowest BCUT2D eigenvalue weighted by molar-refractivity contribution is 0.0251. The average molecular weight is 278 g/mol. The Morgan fingerprint density at radius 2 is 2.20 bits per heavy atom. The SMILES string of the molecule is Fc1cc(Br)cc(C2CNCCO2)c1F. The van der Waals surface area contributed by atoms with Crippen molar-refractivity contribution in [3.8, 4) is 0 Å². The molecule has 0 saturated carbocycles. The van der Waals surface area contributed by atoms with Crippen molar-refractivity contribution in [2.24, 2.45) is 0 Å². The van der Waals surface area contributed by atoms with E-state index in [1.807, 2.05) is 0 Å². The van der Waals surface area contributed by atoms with E-state index in [-0.39, 0.29) is 5.56 Å². The van der Waals surface area contributed by atoms with Gasteiger partial charge in [0, 0.05) is 23.1 Å². The Morgan fingerprint density at radius 1 is 1.40 bits per heavy atom. The quantitative estimate of drug-likeness (QED) is 0.796. The molecular weight excluding hydrogens is 268 g/mol. The molecule has 1 aliphatic rings. The van der Waals surface area contributed by atoms with Crippen LogP contribution in [0.25, 0.3) is 0 Å². The standard InChI is InChI=1S/C10H10BrF2NO/c11-6-3-7(10(13)8(12)4-6)9-5-14-1-2-15-9/h3-4,9,14H,1-2,5H2. The zero-order valence-corrected chi connectivity index (χ0v) is 9.48. The molecule has 2 nitrogen and oxygen atoms in total. The highest BCUT2D eigenvalue weighted by Gasteiger charge is 2.21. The molecule has 82 valence electrons. The summed E-state index contributed by atoms with van der Waals surface area (Å²) in [6.07, 6.45) is -0.411. The smallest absolute Gasteiger partial charge is 0.164 e. The van der Waals surface area contributed by atoms with Gasteiger partial charge >= 0.3 is 0 Å². The summed E-state index contributed by atoms with van der Waals surface area (Å²) in [5.74, 6) is -1.68. The maximum Gasteiger partial charge on any atom is 0.164 e. The third-order valence-corrected chi connectivity index (χ3v) is 2.75. The number of morpholine rings is 1. The van der Waals surface area contributed by atoms with E-state index < -0.39 is 17.7 Å². The van der Waals surface area contributed by atoms with Gasteiger partial charge in [0.2, 0.25) is 0 Å². The molecule has 0 bridgehead atoms. The Bertz CT molecular complexity index is 367. The summed E-state index contributed by atoms with van der Waals surface area (Å²) < 4.78 is 32.5. The molecule has 5 heteroatoms. The van der Waals surface area contributed by atoms with Crippen molar-refractivity contribution >= 4 is 15.9 Å². The van der Waals surface area contributed by atoms with Gasteiger partial charge in [0.05, 0.1) is 12.7 Å². The van der Waals surface area contributed by atoms with E-state index in [9.17, 15) is 8.78 Å². The highest BCUT2D eigenvalue weighted by molar-refractivity contribution is 9.10. The third-order valence-electron chi connectivity index (χ3n) is 2.30. The number of rotatable bonds is 1. The summed E-state index contributed by atoms with van der Waals surface area (Å²) in [6, 6.07) is 2.66. The molecular formula is C10H10BrF2NO. The number of nitrogens with one attached hydrogen (secondary N) is 1. The van der Waals surface area contributed by atoms with Crippen molar-refractivity contribution in [3.63, 3.8) is 0 Å². The molecule has 0 aliphatic carbocycles. The highest BCUT2D eigenvalue weighted by atomic mass is 79.9. The van der Waals surface area contributed by atoms with Gasteiger partial charge in [-0.05, 0) is 12.1 Å². The first-order valence-electron chi connectivity index (χ1n) is 4.65. The van der Waals surface area contributed by atoms with Crippen LogP contribution in [0, 0.1) is 11.6 Å². The molecule has 1 aliphatic heterocycles. The van der Waals surface area contributed by atoms with Gasteiger partial charge in [0.15, 0.2) is 11.6 Å². The van der Waals surface area contributed by atoms with Crippen molar-refractivity contribution in [1.82, 2.24) is 5.32 Å². The molecule has 1 atom stereocenters. The van der Waals surface area contributed by atoms with Crippen LogP contribution in [0.4, 0.5) is 8.78 Å².